The Balaban J connectivity index is 0. The van der Waals surface area contributed by atoms with Crippen molar-refractivity contribution in [3.05, 3.63) is 6.92 Å². The maximum Gasteiger partial charge on any atom is 1.00 e. The molecule has 0 saturated carbocycles. The number of hydrogen-bond donors (Lipinski definition) is 0. The zero-order chi connectivity index (χ0) is 4.12. The summed E-state index contributed by atoms with van der Waals surface area (Å²) in [5, 5.41) is 0. The quantitative estimate of drug-likeness (QED) is 0.261. The van der Waals surface area contributed by atoms with Crippen molar-refractivity contribution >= 4 is 0 Å². The third-order valence-electron chi connectivity index (χ3n) is 0.250. The summed E-state index contributed by atoms with van der Waals surface area (Å²) < 4.78 is 6.56. The van der Waals surface area contributed by atoms with Crippen molar-refractivity contribution < 1.29 is 20.2 Å². The molecule has 0 heterocycles. The molecule has 0 aliphatic carbocycles. The monoisotopic (exact) mass is 65.1 g/mol. The van der Waals surface area contributed by atoms with E-state index < -0.39 is 0 Å². The van der Waals surface area contributed by atoms with E-state index in [0.717, 1.165) is 12.8 Å². The maximum atomic E-state index is 6.56. The van der Waals surface area contributed by atoms with E-state index in [0.29, 0.717) is 6.90 Å². The van der Waals surface area contributed by atoms with Crippen LogP contribution in [-0.2, 0) is 0 Å². The Hall–Kier alpha value is 0.597. The van der Waals surface area contributed by atoms with Gasteiger partial charge in [-0.1, -0.05) is 13.3 Å². The Morgan fingerprint density at radius 3 is 2.60 bits per heavy atom. The third-order valence-corrected chi connectivity index (χ3v) is 0.250. The van der Waals surface area contributed by atoms with E-state index in [9.17, 15) is 0 Å². The van der Waals surface area contributed by atoms with Crippen molar-refractivity contribution in [3.8, 4) is 0 Å². The van der Waals surface area contributed by atoms with Crippen LogP contribution in [0.2, 0.25) is 0 Å². The molecular formula is C4H9Li. The average molecular weight is 65.1 g/mol. The van der Waals surface area contributed by atoms with Gasteiger partial charge >= 0.3 is 18.9 Å². The first-order valence-electron chi connectivity index (χ1n) is 2.21. The van der Waals surface area contributed by atoms with Gasteiger partial charge in [-0.05, 0) is 0 Å². The van der Waals surface area contributed by atoms with Gasteiger partial charge in [-0.2, -0.15) is 6.42 Å². The van der Waals surface area contributed by atoms with E-state index in [4.69, 9.17) is 1.37 Å². The molecule has 0 atom stereocenters. The SMILES string of the molecule is [2H]CCC[CH2-].[Li+]. The number of rotatable bonds is 1. The van der Waals surface area contributed by atoms with Gasteiger partial charge in [0.15, 0.2) is 0 Å². The second-order valence-corrected chi connectivity index (χ2v) is 0.707. The van der Waals surface area contributed by atoms with Crippen LogP contribution in [-0.4, -0.2) is 0 Å². The smallest absolute Gasteiger partial charge is 0.343 e. The normalized spacial score (nSPS) is 8.60. The first-order valence-corrected chi connectivity index (χ1v) is 1.50. The van der Waals surface area contributed by atoms with E-state index in [1.54, 1.807) is 0 Å². The molecule has 0 N–H and O–H groups in total. The zero-order valence-electron chi connectivity index (χ0n) is 4.83. The fraction of sp³-hybridized carbons (Fsp3) is 0.750. The van der Waals surface area contributed by atoms with Crippen LogP contribution in [0.5, 0.6) is 0 Å². The van der Waals surface area contributed by atoms with Gasteiger partial charge in [0.1, 0.15) is 0 Å². The van der Waals surface area contributed by atoms with Gasteiger partial charge in [0.05, 0.1) is 0 Å². The van der Waals surface area contributed by atoms with Crippen LogP contribution in [0.1, 0.15) is 21.1 Å². The molecule has 0 radical (unpaired) electrons. The van der Waals surface area contributed by atoms with Gasteiger partial charge in [0, 0.05) is 1.37 Å². The molecule has 0 aromatic rings. The Morgan fingerprint density at radius 2 is 2.60 bits per heavy atom. The topological polar surface area (TPSA) is 0 Å². The van der Waals surface area contributed by atoms with Crippen LogP contribution in [0.4, 0.5) is 0 Å². The number of unbranched alkanes of at least 4 members (excludes halogenated alkanes) is 1. The Labute approximate surface area is 47.5 Å². The van der Waals surface area contributed by atoms with E-state index in [-0.39, 0.29) is 18.9 Å². The molecule has 26 valence electrons. The first-order chi connectivity index (χ1) is 2.41. The zero-order valence-corrected chi connectivity index (χ0v) is 3.83. The van der Waals surface area contributed by atoms with Crippen molar-refractivity contribution in [2.75, 3.05) is 0 Å². The molecule has 1 heteroatoms. The minimum Gasteiger partial charge on any atom is -0.343 e. The summed E-state index contributed by atoms with van der Waals surface area (Å²) >= 11 is 0. The predicted octanol–water partition coefficient (Wildman–Crippen LogP) is -1.38. The third kappa shape index (κ3) is 12.2. The molecule has 0 aromatic heterocycles. The molecule has 0 amide bonds. The summed E-state index contributed by atoms with van der Waals surface area (Å²) in [6.07, 6.45) is 1.85. The number of hydrogen-bond acceptors (Lipinski definition) is 0. The van der Waals surface area contributed by atoms with Gasteiger partial charge in [-0.15, -0.1) is 0 Å². The van der Waals surface area contributed by atoms with Crippen molar-refractivity contribution in [2.45, 2.75) is 19.7 Å². The standard InChI is InChI=1S/C4H9.Li/c1-3-4-2;/h1,3-4H2,2H3;/q-1;+1/i2D;. The molecule has 0 spiro atoms. The molecule has 0 aliphatic heterocycles. The van der Waals surface area contributed by atoms with Gasteiger partial charge < -0.3 is 6.92 Å². The average Bonchev–Trinajstić information content (AvgIpc) is 1.41. The van der Waals surface area contributed by atoms with Crippen LogP contribution < -0.4 is 18.9 Å². The molecule has 0 aliphatic rings. The van der Waals surface area contributed by atoms with E-state index in [1.807, 2.05) is 0 Å². The Kier molecular flexibility index (Phi) is 9.87. The van der Waals surface area contributed by atoms with Crippen LogP contribution in [0.25, 0.3) is 0 Å². The molecule has 0 bridgehead atoms. The summed E-state index contributed by atoms with van der Waals surface area (Å²) in [4.78, 5) is 0. The van der Waals surface area contributed by atoms with Crippen LogP contribution in [0.3, 0.4) is 0 Å². The van der Waals surface area contributed by atoms with Crippen LogP contribution >= 0.6 is 0 Å². The molecule has 0 rings (SSSR count). The molecule has 5 heavy (non-hydrogen) atoms. The van der Waals surface area contributed by atoms with E-state index in [2.05, 4.69) is 6.92 Å². The molecular weight excluding hydrogens is 55.0 g/mol. The fourth-order valence-corrected chi connectivity index (χ4v) is 0. The Bertz CT molecular complexity index is 15.0. The summed E-state index contributed by atoms with van der Waals surface area (Å²) in [7, 11) is 0. The molecule has 0 nitrogen and oxygen atoms in total. The van der Waals surface area contributed by atoms with Gasteiger partial charge in [-0.3, -0.25) is 0 Å². The molecule has 0 unspecified atom stereocenters. The predicted molar refractivity (Wildman–Crippen MR) is 20.3 cm³/mol. The van der Waals surface area contributed by atoms with Crippen molar-refractivity contribution in [3.63, 3.8) is 0 Å². The summed E-state index contributed by atoms with van der Waals surface area (Å²) in [5.74, 6) is 0. The molecule has 0 saturated heterocycles. The van der Waals surface area contributed by atoms with Crippen molar-refractivity contribution in [2.24, 2.45) is 0 Å². The second kappa shape index (κ2) is 8.82. The first kappa shape index (κ1) is 5.60. The largest absolute Gasteiger partial charge is 1.00 e. The van der Waals surface area contributed by atoms with Crippen molar-refractivity contribution in [1.29, 1.82) is 0 Å². The minimum absolute atomic E-state index is 0. The van der Waals surface area contributed by atoms with Crippen molar-refractivity contribution in [1.82, 2.24) is 0 Å². The van der Waals surface area contributed by atoms with Gasteiger partial charge in [-0.25, -0.2) is 0 Å². The maximum absolute atomic E-state index is 6.56. The second-order valence-electron chi connectivity index (χ2n) is 0.707. The van der Waals surface area contributed by atoms with E-state index >= 15 is 0 Å². The molecule has 0 aromatic carbocycles. The summed E-state index contributed by atoms with van der Waals surface area (Å²) in [5.41, 5.74) is 0. The van der Waals surface area contributed by atoms with Crippen LogP contribution in [0, 0.1) is 6.92 Å². The summed E-state index contributed by atoms with van der Waals surface area (Å²) in [6, 6.07) is 0. The fourth-order valence-electron chi connectivity index (χ4n) is 0. The Morgan fingerprint density at radius 1 is 2.00 bits per heavy atom. The molecule has 0 fully saturated rings. The van der Waals surface area contributed by atoms with Gasteiger partial charge in [0.25, 0.3) is 0 Å². The van der Waals surface area contributed by atoms with Gasteiger partial charge in [0.2, 0.25) is 0 Å². The van der Waals surface area contributed by atoms with E-state index in [1.165, 1.54) is 0 Å². The van der Waals surface area contributed by atoms with Crippen LogP contribution in [0.15, 0.2) is 0 Å². The minimum atomic E-state index is 0. The summed E-state index contributed by atoms with van der Waals surface area (Å²) in [6.45, 7) is 4.09.